The molecule has 0 saturated heterocycles. The van der Waals surface area contributed by atoms with E-state index in [2.05, 4.69) is 31.2 Å². The van der Waals surface area contributed by atoms with E-state index in [0.29, 0.717) is 28.9 Å². The Balaban J connectivity index is 2.25. The van der Waals surface area contributed by atoms with Gasteiger partial charge in [-0.1, -0.05) is 58.2 Å². The molecular formula is C21H31N3O2. The Hall–Kier alpha value is -2.17. The van der Waals surface area contributed by atoms with Gasteiger partial charge in [-0.25, -0.2) is 4.68 Å². The van der Waals surface area contributed by atoms with Crippen molar-refractivity contribution in [3.63, 3.8) is 0 Å². The molecule has 1 unspecified atom stereocenters. The molecule has 2 rings (SSSR count). The first-order valence-electron chi connectivity index (χ1n) is 9.74. The Bertz CT molecular complexity index is 795. The van der Waals surface area contributed by atoms with Crippen LogP contribution in [0, 0.1) is 5.92 Å². The lowest BCUT2D eigenvalue weighted by molar-refractivity contribution is 0.0932. The minimum absolute atomic E-state index is 0.0813. The molecule has 1 heterocycles. The Morgan fingerprint density at radius 2 is 1.81 bits per heavy atom. The van der Waals surface area contributed by atoms with Crippen molar-refractivity contribution in [3.8, 4) is 0 Å². The summed E-state index contributed by atoms with van der Waals surface area (Å²) in [7, 11) is 0. The zero-order valence-electron chi connectivity index (χ0n) is 16.4. The van der Waals surface area contributed by atoms with Crippen LogP contribution in [-0.4, -0.2) is 21.7 Å². The highest BCUT2D eigenvalue weighted by Crippen LogP contribution is 2.14. The summed E-state index contributed by atoms with van der Waals surface area (Å²) in [6, 6.07) is 7.31. The summed E-state index contributed by atoms with van der Waals surface area (Å²) in [5.74, 6) is 0.467. The molecule has 0 aliphatic heterocycles. The molecule has 0 spiro atoms. The topological polar surface area (TPSA) is 64.0 Å². The summed E-state index contributed by atoms with van der Waals surface area (Å²) in [5.41, 5.74) is 0.211. The normalized spacial score (nSPS) is 12.5. The number of aryl methyl sites for hydroxylation is 1. The zero-order valence-corrected chi connectivity index (χ0v) is 16.4. The predicted molar refractivity (Wildman–Crippen MR) is 107 cm³/mol. The fourth-order valence-electron chi connectivity index (χ4n) is 3.06. The maximum atomic E-state index is 12.8. The molecule has 1 amide bonds. The lowest BCUT2D eigenvalue weighted by atomic mass is 10.0. The first-order valence-corrected chi connectivity index (χ1v) is 9.74. The SMILES string of the molecule is CCCCn1nc(C(=O)NC(C)CCCC(C)C)c2ccccc2c1=O. The van der Waals surface area contributed by atoms with Crippen LogP contribution in [0.15, 0.2) is 29.1 Å². The van der Waals surface area contributed by atoms with E-state index in [-0.39, 0.29) is 17.5 Å². The van der Waals surface area contributed by atoms with Crippen LogP contribution >= 0.6 is 0 Å². The number of carbonyl (C=O) groups excluding carboxylic acids is 1. The van der Waals surface area contributed by atoms with Crippen LogP contribution in [0.2, 0.25) is 0 Å². The van der Waals surface area contributed by atoms with Crippen LogP contribution in [0.3, 0.4) is 0 Å². The third-order valence-electron chi connectivity index (χ3n) is 4.60. The summed E-state index contributed by atoms with van der Waals surface area (Å²) in [6.07, 6.45) is 5.01. The molecule has 26 heavy (non-hydrogen) atoms. The van der Waals surface area contributed by atoms with E-state index in [4.69, 9.17) is 0 Å². The summed E-state index contributed by atoms with van der Waals surface area (Å²) in [6.45, 7) is 9.04. The highest BCUT2D eigenvalue weighted by Gasteiger charge is 2.18. The number of hydrogen-bond acceptors (Lipinski definition) is 3. The average molecular weight is 357 g/mol. The minimum atomic E-state index is -0.205. The Labute approximate surface area is 155 Å². The molecule has 0 fully saturated rings. The highest BCUT2D eigenvalue weighted by atomic mass is 16.2. The number of nitrogens with one attached hydrogen (secondary N) is 1. The van der Waals surface area contributed by atoms with Crippen LogP contribution in [0.5, 0.6) is 0 Å². The number of amides is 1. The van der Waals surface area contributed by atoms with Gasteiger partial charge in [0.1, 0.15) is 0 Å². The van der Waals surface area contributed by atoms with E-state index in [1.54, 1.807) is 12.1 Å². The molecule has 0 saturated carbocycles. The molecule has 5 nitrogen and oxygen atoms in total. The zero-order chi connectivity index (χ0) is 19.1. The first kappa shape index (κ1) is 20.1. The van der Waals surface area contributed by atoms with Crippen LogP contribution in [-0.2, 0) is 6.54 Å². The van der Waals surface area contributed by atoms with Crippen LogP contribution in [0.4, 0.5) is 0 Å². The predicted octanol–water partition coefficient (Wildman–Crippen LogP) is 4.14. The molecule has 142 valence electrons. The number of aromatic nitrogens is 2. The monoisotopic (exact) mass is 357 g/mol. The lowest BCUT2D eigenvalue weighted by Gasteiger charge is -2.16. The number of rotatable bonds is 9. The van der Waals surface area contributed by atoms with Crippen molar-refractivity contribution in [2.24, 2.45) is 5.92 Å². The second-order valence-electron chi connectivity index (χ2n) is 7.48. The van der Waals surface area contributed by atoms with E-state index in [9.17, 15) is 9.59 Å². The van der Waals surface area contributed by atoms with E-state index < -0.39 is 0 Å². The number of nitrogens with zero attached hydrogens (tertiary/aromatic N) is 2. The van der Waals surface area contributed by atoms with Gasteiger partial charge in [0.25, 0.3) is 11.5 Å². The van der Waals surface area contributed by atoms with E-state index >= 15 is 0 Å². The van der Waals surface area contributed by atoms with Crippen molar-refractivity contribution in [3.05, 3.63) is 40.3 Å². The quantitative estimate of drug-likeness (QED) is 0.733. The molecule has 0 bridgehead atoms. The van der Waals surface area contributed by atoms with Gasteiger partial charge in [0, 0.05) is 18.0 Å². The largest absolute Gasteiger partial charge is 0.348 e. The summed E-state index contributed by atoms with van der Waals surface area (Å²) >= 11 is 0. The van der Waals surface area contributed by atoms with Crippen molar-refractivity contribution in [1.82, 2.24) is 15.1 Å². The standard InChI is InChI=1S/C21H31N3O2/c1-5-6-14-24-21(26)18-13-8-7-12-17(18)19(23-24)20(25)22-16(4)11-9-10-15(2)3/h7-8,12-13,15-16H,5-6,9-11,14H2,1-4H3,(H,22,25). The fraction of sp³-hybridized carbons (Fsp3) is 0.571. The molecule has 0 aliphatic rings. The molecule has 0 radical (unpaired) electrons. The van der Waals surface area contributed by atoms with Crippen molar-refractivity contribution in [1.29, 1.82) is 0 Å². The van der Waals surface area contributed by atoms with Gasteiger partial charge in [0.15, 0.2) is 5.69 Å². The Morgan fingerprint density at radius 3 is 2.46 bits per heavy atom. The Kier molecular flexibility index (Phi) is 7.37. The Morgan fingerprint density at radius 1 is 1.12 bits per heavy atom. The smallest absolute Gasteiger partial charge is 0.274 e. The van der Waals surface area contributed by atoms with Crippen LogP contribution in [0.25, 0.3) is 10.8 Å². The number of benzene rings is 1. The number of fused-ring (bicyclic) bond motifs is 1. The maximum Gasteiger partial charge on any atom is 0.274 e. The van der Waals surface area contributed by atoms with Gasteiger partial charge >= 0.3 is 0 Å². The molecule has 5 heteroatoms. The van der Waals surface area contributed by atoms with E-state index in [1.165, 1.54) is 4.68 Å². The van der Waals surface area contributed by atoms with Gasteiger partial charge in [0.05, 0.1) is 5.39 Å². The first-order chi connectivity index (χ1) is 12.4. The maximum absolute atomic E-state index is 12.8. The van der Waals surface area contributed by atoms with Crippen molar-refractivity contribution in [2.45, 2.75) is 72.4 Å². The summed E-state index contributed by atoms with van der Waals surface area (Å²) < 4.78 is 1.43. The number of hydrogen-bond donors (Lipinski definition) is 1. The molecule has 1 N–H and O–H groups in total. The third-order valence-corrected chi connectivity index (χ3v) is 4.60. The van der Waals surface area contributed by atoms with Gasteiger partial charge in [-0.15, -0.1) is 0 Å². The van der Waals surface area contributed by atoms with E-state index in [1.807, 2.05) is 19.1 Å². The summed E-state index contributed by atoms with van der Waals surface area (Å²) in [5, 5.41) is 8.61. The molecule has 2 aromatic rings. The third kappa shape index (κ3) is 5.16. The van der Waals surface area contributed by atoms with Gasteiger partial charge in [-0.05, 0) is 31.7 Å². The van der Waals surface area contributed by atoms with E-state index in [0.717, 1.165) is 32.1 Å². The summed E-state index contributed by atoms with van der Waals surface area (Å²) in [4.78, 5) is 25.4. The number of carbonyl (C=O) groups is 1. The van der Waals surface area contributed by atoms with Crippen LogP contribution in [0.1, 0.15) is 70.3 Å². The molecule has 1 atom stereocenters. The van der Waals surface area contributed by atoms with Crippen molar-refractivity contribution in [2.75, 3.05) is 0 Å². The van der Waals surface area contributed by atoms with Crippen molar-refractivity contribution < 1.29 is 4.79 Å². The average Bonchev–Trinajstić information content (AvgIpc) is 2.61. The minimum Gasteiger partial charge on any atom is -0.348 e. The fourth-order valence-corrected chi connectivity index (χ4v) is 3.06. The van der Waals surface area contributed by atoms with Gasteiger partial charge < -0.3 is 5.32 Å². The highest BCUT2D eigenvalue weighted by molar-refractivity contribution is 6.04. The second kappa shape index (κ2) is 9.51. The van der Waals surface area contributed by atoms with Crippen molar-refractivity contribution >= 4 is 16.7 Å². The van der Waals surface area contributed by atoms with Gasteiger partial charge in [0.2, 0.25) is 0 Å². The molecule has 1 aromatic heterocycles. The van der Waals surface area contributed by atoms with Gasteiger partial charge in [-0.3, -0.25) is 9.59 Å². The molecule has 1 aromatic carbocycles. The second-order valence-corrected chi connectivity index (χ2v) is 7.48. The molecular weight excluding hydrogens is 326 g/mol. The van der Waals surface area contributed by atoms with Crippen LogP contribution < -0.4 is 10.9 Å². The molecule has 0 aliphatic carbocycles. The lowest BCUT2D eigenvalue weighted by Crippen LogP contribution is -2.35. The number of unbranched alkanes of at least 4 members (excludes halogenated alkanes) is 1. The van der Waals surface area contributed by atoms with Gasteiger partial charge in [-0.2, -0.15) is 5.10 Å².